The Morgan fingerprint density at radius 2 is 1.82 bits per heavy atom. The summed E-state index contributed by atoms with van der Waals surface area (Å²) in [6.45, 7) is 0.268. The number of para-hydroxylation sites is 1. The fourth-order valence-corrected chi connectivity index (χ4v) is 5.59. The van der Waals surface area contributed by atoms with Crippen molar-refractivity contribution in [3.05, 3.63) is 141 Å². The molecule has 1 heterocycles. The SMILES string of the molecule is O=[N+]([O-])c1ccc(COc2ccc(Cl)cc2C=Nc2ccc([C@@H]3Nc4ccccc4[C@@H]4C=CC[C@H]43)cc2)cc1. The molecule has 194 valence electrons. The normalized spacial score (nSPS) is 19.4. The fraction of sp³-hybridized carbons (Fsp3) is 0.156. The zero-order valence-corrected chi connectivity index (χ0v) is 21.8. The van der Waals surface area contributed by atoms with Crippen LogP contribution in [0.3, 0.4) is 0 Å². The maximum Gasteiger partial charge on any atom is 0.269 e. The van der Waals surface area contributed by atoms with Crippen molar-refractivity contribution in [1.82, 2.24) is 0 Å². The van der Waals surface area contributed by atoms with Crippen molar-refractivity contribution in [2.24, 2.45) is 10.9 Å². The van der Waals surface area contributed by atoms with Crippen molar-refractivity contribution in [2.45, 2.75) is 25.0 Å². The molecule has 3 atom stereocenters. The van der Waals surface area contributed by atoms with Gasteiger partial charge in [-0.3, -0.25) is 15.1 Å². The number of allylic oxidation sites excluding steroid dienone is 2. The van der Waals surface area contributed by atoms with E-state index in [4.69, 9.17) is 16.3 Å². The van der Waals surface area contributed by atoms with E-state index in [-0.39, 0.29) is 18.3 Å². The summed E-state index contributed by atoms with van der Waals surface area (Å²) in [5.41, 5.74) is 6.29. The second kappa shape index (κ2) is 10.8. The van der Waals surface area contributed by atoms with Gasteiger partial charge in [-0.25, -0.2) is 0 Å². The van der Waals surface area contributed by atoms with Crippen LogP contribution in [0.1, 0.15) is 40.6 Å². The van der Waals surface area contributed by atoms with E-state index in [1.54, 1.807) is 36.5 Å². The number of benzene rings is 4. The zero-order valence-electron chi connectivity index (χ0n) is 21.0. The Balaban J connectivity index is 1.17. The molecular weight excluding hydrogens is 510 g/mol. The molecule has 7 heteroatoms. The van der Waals surface area contributed by atoms with E-state index in [1.165, 1.54) is 28.9 Å². The fourth-order valence-electron chi connectivity index (χ4n) is 5.41. The highest BCUT2D eigenvalue weighted by Crippen LogP contribution is 2.49. The molecule has 0 saturated heterocycles. The summed E-state index contributed by atoms with van der Waals surface area (Å²) >= 11 is 6.26. The minimum absolute atomic E-state index is 0.0490. The van der Waals surface area contributed by atoms with Gasteiger partial charge in [-0.15, -0.1) is 0 Å². The van der Waals surface area contributed by atoms with Crippen LogP contribution in [-0.2, 0) is 6.61 Å². The number of halogens is 1. The van der Waals surface area contributed by atoms with Gasteiger partial charge in [0.25, 0.3) is 5.69 Å². The third-order valence-electron chi connectivity index (χ3n) is 7.39. The number of hydrogen-bond acceptors (Lipinski definition) is 5. The molecule has 0 saturated carbocycles. The van der Waals surface area contributed by atoms with Gasteiger partial charge in [-0.2, -0.15) is 0 Å². The van der Waals surface area contributed by atoms with Crippen molar-refractivity contribution in [3.63, 3.8) is 0 Å². The Hall–Kier alpha value is -4.42. The minimum atomic E-state index is -0.418. The van der Waals surface area contributed by atoms with Crippen LogP contribution < -0.4 is 10.1 Å². The number of fused-ring (bicyclic) bond motifs is 3. The summed E-state index contributed by atoms with van der Waals surface area (Å²) in [7, 11) is 0. The number of non-ortho nitro benzene ring substituents is 1. The Labute approximate surface area is 231 Å². The van der Waals surface area contributed by atoms with Crippen molar-refractivity contribution >= 4 is 34.9 Å². The van der Waals surface area contributed by atoms with Crippen LogP contribution in [0.2, 0.25) is 5.02 Å². The summed E-state index contributed by atoms with van der Waals surface area (Å²) in [5, 5.41) is 15.2. The summed E-state index contributed by atoms with van der Waals surface area (Å²) in [5.74, 6) is 1.57. The molecule has 0 amide bonds. The molecule has 0 aromatic heterocycles. The smallest absolute Gasteiger partial charge is 0.269 e. The Kier molecular flexibility index (Phi) is 6.86. The highest BCUT2D eigenvalue weighted by molar-refractivity contribution is 6.30. The maximum absolute atomic E-state index is 10.9. The second-order valence-corrected chi connectivity index (χ2v) is 10.2. The number of anilines is 1. The lowest BCUT2D eigenvalue weighted by Crippen LogP contribution is -2.28. The largest absolute Gasteiger partial charge is 0.488 e. The predicted octanol–water partition coefficient (Wildman–Crippen LogP) is 8.40. The van der Waals surface area contributed by atoms with Crippen LogP contribution >= 0.6 is 11.6 Å². The van der Waals surface area contributed by atoms with Crippen LogP contribution in [-0.4, -0.2) is 11.1 Å². The number of hydrogen-bond donors (Lipinski definition) is 1. The molecule has 39 heavy (non-hydrogen) atoms. The summed E-state index contributed by atoms with van der Waals surface area (Å²) in [6.07, 6.45) is 7.46. The lowest BCUT2D eigenvalue weighted by Gasteiger charge is -2.37. The Morgan fingerprint density at radius 1 is 1.03 bits per heavy atom. The topological polar surface area (TPSA) is 76.8 Å². The molecule has 1 N–H and O–H groups in total. The van der Waals surface area contributed by atoms with Crippen LogP contribution in [0.15, 0.2) is 108 Å². The number of nitro groups is 1. The first-order valence-electron chi connectivity index (χ1n) is 12.9. The van der Waals surface area contributed by atoms with Crippen LogP contribution in [0.25, 0.3) is 0 Å². The van der Waals surface area contributed by atoms with Gasteiger partial charge < -0.3 is 10.1 Å². The van der Waals surface area contributed by atoms with E-state index in [1.807, 2.05) is 12.1 Å². The molecule has 4 aromatic carbocycles. The standard InChI is InChI=1S/C32H26ClN3O3/c33-24-12-17-31(39-20-21-8-15-26(16-9-21)36(37)38)23(18-24)19-34-25-13-10-22(11-14-25)32-29-6-3-5-27(29)28-4-1-2-7-30(28)35-32/h1-5,7-19,27,29,32,35H,6,20H2/t27-,29+,32-/m0/s1. The maximum atomic E-state index is 10.9. The first-order valence-corrected chi connectivity index (χ1v) is 13.2. The third-order valence-corrected chi connectivity index (χ3v) is 7.63. The molecule has 6 nitrogen and oxygen atoms in total. The molecule has 2 aliphatic rings. The van der Waals surface area contributed by atoms with Gasteiger partial charge in [-0.1, -0.05) is 54.1 Å². The average Bonchev–Trinajstić information content (AvgIpc) is 3.46. The van der Waals surface area contributed by atoms with E-state index >= 15 is 0 Å². The van der Waals surface area contributed by atoms with Gasteiger partial charge in [0.05, 0.1) is 16.7 Å². The second-order valence-electron chi connectivity index (χ2n) is 9.81. The van der Waals surface area contributed by atoms with Gasteiger partial charge in [0.1, 0.15) is 12.4 Å². The summed E-state index contributed by atoms with van der Waals surface area (Å²) in [4.78, 5) is 15.1. The Bertz CT molecular complexity index is 1560. The number of nitrogens with one attached hydrogen (secondary N) is 1. The average molecular weight is 536 g/mol. The number of rotatable bonds is 7. The number of nitrogens with zero attached hydrogens (tertiary/aromatic N) is 2. The Morgan fingerprint density at radius 3 is 2.62 bits per heavy atom. The summed E-state index contributed by atoms with van der Waals surface area (Å²) < 4.78 is 6.00. The molecule has 0 fully saturated rings. The van der Waals surface area contributed by atoms with Gasteiger partial charge in [0.15, 0.2) is 0 Å². The van der Waals surface area contributed by atoms with Crippen LogP contribution in [0, 0.1) is 16.0 Å². The highest BCUT2D eigenvalue weighted by Gasteiger charge is 2.37. The number of aliphatic imine (C=N–C) groups is 1. The molecule has 0 bridgehead atoms. The van der Waals surface area contributed by atoms with E-state index in [0.717, 1.165) is 23.2 Å². The van der Waals surface area contributed by atoms with Gasteiger partial charge >= 0.3 is 0 Å². The van der Waals surface area contributed by atoms with Crippen molar-refractivity contribution in [3.8, 4) is 5.75 Å². The minimum Gasteiger partial charge on any atom is -0.488 e. The van der Waals surface area contributed by atoms with Gasteiger partial charge in [-0.05, 0) is 77.6 Å². The molecule has 4 aromatic rings. The molecule has 1 aliphatic carbocycles. The molecular formula is C32H26ClN3O3. The molecule has 1 aliphatic heterocycles. The van der Waals surface area contributed by atoms with Crippen molar-refractivity contribution in [1.29, 1.82) is 0 Å². The van der Waals surface area contributed by atoms with E-state index in [0.29, 0.717) is 22.6 Å². The zero-order chi connectivity index (χ0) is 26.8. The van der Waals surface area contributed by atoms with Crippen molar-refractivity contribution < 1.29 is 9.66 Å². The number of nitro benzene ring substituents is 1. The predicted molar refractivity (Wildman–Crippen MR) is 155 cm³/mol. The van der Waals surface area contributed by atoms with E-state index in [2.05, 4.69) is 58.9 Å². The van der Waals surface area contributed by atoms with Gasteiger partial charge in [0, 0.05) is 40.5 Å². The van der Waals surface area contributed by atoms with E-state index < -0.39 is 4.92 Å². The third kappa shape index (κ3) is 5.29. The number of ether oxygens (including phenoxy) is 1. The van der Waals surface area contributed by atoms with Crippen LogP contribution in [0.5, 0.6) is 5.75 Å². The first-order chi connectivity index (χ1) is 19.0. The molecule has 6 rings (SSSR count). The summed E-state index contributed by atoms with van der Waals surface area (Å²) in [6, 6.07) is 28.9. The first kappa shape index (κ1) is 24.9. The monoisotopic (exact) mass is 535 g/mol. The van der Waals surface area contributed by atoms with Gasteiger partial charge in [0.2, 0.25) is 0 Å². The molecule has 0 radical (unpaired) electrons. The van der Waals surface area contributed by atoms with E-state index in [9.17, 15) is 10.1 Å². The lowest BCUT2D eigenvalue weighted by molar-refractivity contribution is -0.384. The van der Waals surface area contributed by atoms with Crippen molar-refractivity contribution in [2.75, 3.05) is 5.32 Å². The molecule has 0 spiro atoms. The highest BCUT2D eigenvalue weighted by atomic mass is 35.5. The van der Waals surface area contributed by atoms with Crippen LogP contribution in [0.4, 0.5) is 17.1 Å². The lowest BCUT2D eigenvalue weighted by atomic mass is 9.77. The molecule has 0 unspecified atom stereocenters. The quantitative estimate of drug-likeness (QED) is 0.111.